The molecule has 1 amide bonds. The average Bonchev–Trinajstić information content (AvgIpc) is 2.55. The van der Waals surface area contributed by atoms with Crippen molar-refractivity contribution < 1.29 is 9.53 Å². The summed E-state index contributed by atoms with van der Waals surface area (Å²) in [6.07, 6.45) is 0.837. The lowest BCUT2D eigenvalue weighted by molar-refractivity contribution is 0.0932. The third kappa shape index (κ3) is 3.48. The highest BCUT2D eigenvalue weighted by Gasteiger charge is 2.17. The van der Waals surface area contributed by atoms with Crippen LogP contribution in [0.25, 0.3) is 0 Å². The second kappa shape index (κ2) is 7.12. The van der Waals surface area contributed by atoms with E-state index < -0.39 is 0 Å². The largest absolute Gasteiger partial charge is 0.496 e. The first-order chi connectivity index (χ1) is 10.6. The standard InChI is InChI=1S/C19H23NO2/c1-5-17(15-11-10-13(2)14(3)12-15)20-19(21)16-8-6-7-9-18(16)22-4/h6-12,17H,5H2,1-4H3,(H,20,21)/t17-/m0/s1. The highest BCUT2D eigenvalue weighted by Crippen LogP contribution is 2.22. The first kappa shape index (κ1) is 16.1. The van der Waals surface area contributed by atoms with E-state index in [2.05, 4.69) is 44.3 Å². The third-order valence-corrected chi connectivity index (χ3v) is 4.00. The number of carbonyl (C=O) groups is 1. The van der Waals surface area contributed by atoms with Crippen molar-refractivity contribution in [1.29, 1.82) is 0 Å². The zero-order chi connectivity index (χ0) is 16.1. The zero-order valence-electron chi connectivity index (χ0n) is 13.6. The molecule has 0 aromatic heterocycles. The number of nitrogens with one attached hydrogen (secondary N) is 1. The van der Waals surface area contributed by atoms with Crippen LogP contribution >= 0.6 is 0 Å². The summed E-state index contributed by atoms with van der Waals surface area (Å²) in [5, 5.41) is 3.10. The van der Waals surface area contributed by atoms with E-state index in [4.69, 9.17) is 4.74 Å². The maximum atomic E-state index is 12.5. The quantitative estimate of drug-likeness (QED) is 0.898. The number of ether oxygens (including phenoxy) is 1. The summed E-state index contributed by atoms with van der Waals surface area (Å²) < 4.78 is 5.26. The number of methoxy groups -OCH3 is 1. The Morgan fingerprint density at radius 2 is 1.86 bits per heavy atom. The summed E-state index contributed by atoms with van der Waals surface area (Å²) in [6, 6.07) is 13.6. The Kier molecular flexibility index (Phi) is 5.21. The number of para-hydroxylation sites is 1. The van der Waals surface area contributed by atoms with Crippen LogP contribution in [0, 0.1) is 13.8 Å². The van der Waals surface area contributed by atoms with E-state index in [1.54, 1.807) is 19.2 Å². The van der Waals surface area contributed by atoms with Crippen LogP contribution in [0.5, 0.6) is 5.75 Å². The first-order valence-electron chi connectivity index (χ1n) is 7.57. The van der Waals surface area contributed by atoms with E-state index >= 15 is 0 Å². The molecule has 0 saturated carbocycles. The van der Waals surface area contributed by atoms with Gasteiger partial charge >= 0.3 is 0 Å². The molecule has 0 aliphatic carbocycles. The monoisotopic (exact) mass is 297 g/mol. The van der Waals surface area contributed by atoms with Gasteiger partial charge in [0.15, 0.2) is 0 Å². The van der Waals surface area contributed by atoms with Gasteiger partial charge in [-0.2, -0.15) is 0 Å². The van der Waals surface area contributed by atoms with Gasteiger partial charge in [0.05, 0.1) is 18.7 Å². The van der Waals surface area contributed by atoms with Gasteiger partial charge in [0, 0.05) is 0 Å². The van der Waals surface area contributed by atoms with E-state index in [0.29, 0.717) is 11.3 Å². The van der Waals surface area contributed by atoms with Crippen LogP contribution in [0.4, 0.5) is 0 Å². The van der Waals surface area contributed by atoms with Crippen LogP contribution in [0.15, 0.2) is 42.5 Å². The molecule has 1 atom stereocenters. The number of amides is 1. The Bertz CT molecular complexity index is 664. The highest BCUT2D eigenvalue weighted by molar-refractivity contribution is 5.97. The first-order valence-corrected chi connectivity index (χ1v) is 7.57. The maximum absolute atomic E-state index is 12.5. The molecule has 1 N–H and O–H groups in total. The van der Waals surface area contributed by atoms with E-state index in [1.807, 2.05) is 12.1 Å². The van der Waals surface area contributed by atoms with Crippen molar-refractivity contribution in [3.8, 4) is 5.75 Å². The highest BCUT2D eigenvalue weighted by atomic mass is 16.5. The molecular formula is C19H23NO2. The molecule has 0 bridgehead atoms. The number of benzene rings is 2. The van der Waals surface area contributed by atoms with E-state index in [-0.39, 0.29) is 11.9 Å². The van der Waals surface area contributed by atoms with Crippen molar-refractivity contribution in [2.75, 3.05) is 7.11 Å². The molecule has 0 aliphatic rings. The number of rotatable bonds is 5. The lowest BCUT2D eigenvalue weighted by Crippen LogP contribution is -2.28. The predicted molar refractivity (Wildman–Crippen MR) is 89.4 cm³/mol. The van der Waals surface area contributed by atoms with Gasteiger partial charge in [0.25, 0.3) is 5.91 Å². The second-order valence-corrected chi connectivity index (χ2v) is 5.48. The molecular weight excluding hydrogens is 274 g/mol. The molecule has 0 aliphatic heterocycles. The summed E-state index contributed by atoms with van der Waals surface area (Å²) in [7, 11) is 1.58. The number of aryl methyl sites for hydroxylation is 2. The van der Waals surface area contributed by atoms with Crippen molar-refractivity contribution in [3.63, 3.8) is 0 Å². The Balaban J connectivity index is 2.22. The average molecular weight is 297 g/mol. The minimum atomic E-state index is -0.109. The topological polar surface area (TPSA) is 38.3 Å². The van der Waals surface area contributed by atoms with Crippen LogP contribution in [0.3, 0.4) is 0 Å². The van der Waals surface area contributed by atoms with E-state index in [1.165, 1.54) is 11.1 Å². The predicted octanol–water partition coefficient (Wildman–Crippen LogP) is 4.19. The number of hydrogen-bond acceptors (Lipinski definition) is 2. The Morgan fingerprint density at radius 1 is 1.14 bits per heavy atom. The van der Waals surface area contributed by atoms with Crippen LogP contribution < -0.4 is 10.1 Å². The number of carbonyl (C=O) groups excluding carboxylic acids is 1. The van der Waals surface area contributed by atoms with Gasteiger partial charge in [-0.25, -0.2) is 0 Å². The number of hydrogen-bond donors (Lipinski definition) is 1. The van der Waals surface area contributed by atoms with Crippen molar-refractivity contribution >= 4 is 5.91 Å². The zero-order valence-corrected chi connectivity index (χ0v) is 13.6. The molecule has 0 saturated heterocycles. The fraction of sp³-hybridized carbons (Fsp3) is 0.316. The van der Waals surface area contributed by atoms with Gasteiger partial charge in [-0.1, -0.05) is 37.3 Å². The van der Waals surface area contributed by atoms with Crippen molar-refractivity contribution in [3.05, 3.63) is 64.7 Å². The van der Waals surface area contributed by atoms with Gasteiger partial charge in [-0.05, 0) is 49.1 Å². The minimum Gasteiger partial charge on any atom is -0.496 e. The van der Waals surface area contributed by atoms with Gasteiger partial charge < -0.3 is 10.1 Å². The molecule has 0 radical (unpaired) electrons. The summed E-state index contributed by atoms with van der Waals surface area (Å²) in [6.45, 7) is 6.25. The molecule has 2 aromatic carbocycles. The molecule has 0 heterocycles. The Morgan fingerprint density at radius 3 is 2.50 bits per heavy atom. The van der Waals surface area contributed by atoms with Crippen molar-refractivity contribution in [2.24, 2.45) is 0 Å². The van der Waals surface area contributed by atoms with Crippen LogP contribution in [-0.2, 0) is 0 Å². The normalized spacial score (nSPS) is 11.8. The Hall–Kier alpha value is -2.29. The Labute approximate surface area is 132 Å². The van der Waals surface area contributed by atoms with Gasteiger partial charge in [-0.3, -0.25) is 4.79 Å². The molecule has 0 spiro atoms. The van der Waals surface area contributed by atoms with Crippen LogP contribution in [-0.4, -0.2) is 13.0 Å². The summed E-state index contributed by atoms with van der Waals surface area (Å²) >= 11 is 0. The van der Waals surface area contributed by atoms with Gasteiger partial charge in [0.2, 0.25) is 0 Å². The van der Waals surface area contributed by atoms with E-state index in [9.17, 15) is 4.79 Å². The van der Waals surface area contributed by atoms with Crippen molar-refractivity contribution in [2.45, 2.75) is 33.2 Å². The molecule has 22 heavy (non-hydrogen) atoms. The molecule has 3 heteroatoms. The third-order valence-electron chi connectivity index (χ3n) is 4.00. The maximum Gasteiger partial charge on any atom is 0.255 e. The molecule has 116 valence electrons. The molecule has 0 fully saturated rings. The van der Waals surface area contributed by atoms with E-state index in [0.717, 1.165) is 12.0 Å². The lowest BCUT2D eigenvalue weighted by atomic mass is 9.99. The van der Waals surface area contributed by atoms with Crippen molar-refractivity contribution in [1.82, 2.24) is 5.32 Å². The molecule has 3 nitrogen and oxygen atoms in total. The minimum absolute atomic E-state index is 0.00304. The van der Waals surface area contributed by atoms with Crippen LogP contribution in [0.2, 0.25) is 0 Å². The summed E-state index contributed by atoms with van der Waals surface area (Å²) in [4.78, 5) is 12.5. The summed E-state index contributed by atoms with van der Waals surface area (Å²) in [5.74, 6) is 0.484. The van der Waals surface area contributed by atoms with Gasteiger partial charge in [-0.15, -0.1) is 0 Å². The smallest absolute Gasteiger partial charge is 0.255 e. The second-order valence-electron chi connectivity index (χ2n) is 5.48. The lowest BCUT2D eigenvalue weighted by Gasteiger charge is -2.19. The SMILES string of the molecule is CC[C@H](NC(=O)c1ccccc1OC)c1ccc(C)c(C)c1. The fourth-order valence-electron chi connectivity index (χ4n) is 2.47. The molecule has 2 aromatic rings. The molecule has 2 rings (SSSR count). The van der Waals surface area contributed by atoms with Crippen LogP contribution in [0.1, 0.15) is 46.4 Å². The van der Waals surface area contributed by atoms with Gasteiger partial charge in [0.1, 0.15) is 5.75 Å². The molecule has 0 unspecified atom stereocenters. The fourth-order valence-corrected chi connectivity index (χ4v) is 2.47. The summed E-state index contributed by atoms with van der Waals surface area (Å²) in [5.41, 5.74) is 4.19.